The van der Waals surface area contributed by atoms with Crippen LogP contribution in [0.1, 0.15) is 11.5 Å². The van der Waals surface area contributed by atoms with Gasteiger partial charge in [0.25, 0.3) is 0 Å². The molecule has 8 heteroatoms. The molecule has 3 rings (SSSR count). The second kappa shape index (κ2) is 5.81. The number of aryl methyl sites for hydroxylation is 2. The first-order chi connectivity index (χ1) is 11.3. The smallest absolute Gasteiger partial charge is 0.240 e. The van der Waals surface area contributed by atoms with Crippen LogP contribution in [-0.4, -0.2) is 18.6 Å². The van der Waals surface area contributed by atoms with Crippen molar-refractivity contribution in [3.8, 4) is 22.4 Å². The topological polar surface area (TPSA) is 99.1 Å². The minimum Gasteiger partial charge on any atom is -0.360 e. The third-order valence-corrected chi connectivity index (χ3v) is 4.60. The number of hydrogen-bond donors (Lipinski definition) is 1. The van der Waals surface area contributed by atoms with Crippen molar-refractivity contribution in [2.24, 2.45) is 5.14 Å². The molecule has 124 valence electrons. The molecule has 2 N–H and O–H groups in total. The molecule has 0 fully saturated rings. The fraction of sp³-hybridized carbons (Fsp3) is 0.125. The van der Waals surface area contributed by atoms with Crippen molar-refractivity contribution in [1.29, 1.82) is 0 Å². The highest BCUT2D eigenvalue weighted by atomic mass is 32.2. The highest BCUT2D eigenvalue weighted by Gasteiger charge is 2.21. The van der Waals surface area contributed by atoms with Crippen molar-refractivity contribution in [2.75, 3.05) is 0 Å². The molecule has 0 aliphatic rings. The van der Waals surface area contributed by atoms with E-state index in [9.17, 15) is 12.8 Å². The quantitative estimate of drug-likeness (QED) is 0.785. The first-order valence-electron chi connectivity index (χ1n) is 7.00. The standard InChI is InChI=1S/C16H14FN3O3S/c1-9-12(4-3-7-19-9)16-15(10(2)23-20-16)11-5-6-14(13(17)8-11)24(18,21)22/h3-8H,1-2H3,(H2,18,21,22). The summed E-state index contributed by atoms with van der Waals surface area (Å²) >= 11 is 0. The summed E-state index contributed by atoms with van der Waals surface area (Å²) in [7, 11) is -4.12. The maximum Gasteiger partial charge on any atom is 0.240 e. The molecule has 0 saturated heterocycles. The summed E-state index contributed by atoms with van der Waals surface area (Å²) in [6.07, 6.45) is 1.66. The molecule has 0 saturated carbocycles. The Morgan fingerprint density at radius 2 is 1.96 bits per heavy atom. The van der Waals surface area contributed by atoms with Crippen LogP contribution in [-0.2, 0) is 10.0 Å². The lowest BCUT2D eigenvalue weighted by atomic mass is 9.99. The van der Waals surface area contributed by atoms with E-state index in [2.05, 4.69) is 10.1 Å². The number of aromatic nitrogens is 2. The SMILES string of the molecule is Cc1ncccc1-c1noc(C)c1-c1ccc(S(N)(=O)=O)c(F)c1. The van der Waals surface area contributed by atoms with E-state index in [1.807, 2.05) is 13.0 Å². The summed E-state index contributed by atoms with van der Waals surface area (Å²) < 4.78 is 42.1. The number of benzene rings is 1. The highest BCUT2D eigenvalue weighted by molar-refractivity contribution is 7.89. The molecule has 2 heterocycles. The maximum atomic E-state index is 14.2. The van der Waals surface area contributed by atoms with Gasteiger partial charge in [-0.25, -0.2) is 17.9 Å². The number of primary sulfonamides is 1. The molecule has 2 aromatic heterocycles. The second-order valence-electron chi connectivity index (χ2n) is 5.29. The summed E-state index contributed by atoms with van der Waals surface area (Å²) in [5, 5.41) is 9.03. The van der Waals surface area contributed by atoms with Crippen molar-refractivity contribution in [1.82, 2.24) is 10.1 Å². The molecular weight excluding hydrogens is 333 g/mol. The zero-order valence-electron chi connectivity index (χ0n) is 12.9. The van der Waals surface area contributed by atoms with Gasteiger partial charge in [0.05, 0.1) is 5.56 Å². The Kier molecular flexibility index (Phi) is 3.94. The van der Waals surface area contributed by atoms with Gasteiger partial charge in [-0.3, -0.25) is 4.98 Å². The van der Waals surface area contributed by atoms with Crippen LogP contribution in [0.15, 0.2) is 45.9 Å². The Labute approximate surface area is 138 Å². The Morgan fingerprint density at radius 3 is 2.58 bits per heavy atom. The third kappa shape index (κ3) is 2.81. The minimum absolute atomic E-state index is 0.442. The predicted octanol–water partition coefficient (Wildman–Crippen LogP) is 2.81. The van der Waals surface area contributed by atoms with Gasteiger partial charge in [-0.2, -0.15) is 0 Å². The van der Waals surface area contributed by atoms with E-state index in [4.69, 9.17) is 9.66 Å². The number of sulfonamides is 1. The van der Waals surface area contributed by atoms with Gasteiger partial charge in [0, 0.05) is 17.5 Å². The number of hydrogen-bond acceptors (Lipinski definition) is 5. The van der Waals surface area contributed by atoms with E-state index in [-0.39, 0.29) is 0 Å². The maximum absolute atomic E-state index is 14.2. The third-order valence-electron chi connectivity index (χ3n) is 3.65. The number of nitrogens with zero attached hydrogens (tertiary/aromatic N) is 2. The zero-order chi connectivity index (χ0) is 17.5. The van der Waals surface area contributed by atoms with Crippen molar-refractivity contribution in [2.45, 2.75) is 18.7 Å². The van der Waals surface area contributed by atoms with Crippen LogP contribution in [0.2, 0.25) is 0 Å². The van der Waals surface area contributed by atoms with E-state index in [1.165, 1.54) is 6.07 Å². The van der Waals surface area contributed by atoms with Crippen molar-refractivity contribution < 1.29 is 17.3 Å². The molecule has 1 aromatic carbocycles. The first kappa shape index (κ1) is 16.3. The van der Waals surface area contributed by atoms with E-state index < -0.39 is 20.7 Å². The Balaban J connectivity index is 2.20. The summed E-state index contributed by atoms with van der Waals surface area (Å²) in [6, 6.07) is 7.30. The van der Waals surface area contributed by atoms with Gasteiger partial charge in [0.2, 0.25) is 10.0 Å². The monoisotopic (exact) mass is 347 g/mol. The normalized spacial score (nSPS) is 11.7. The van der Waals surface area contributed by atoms with Gasteiger partial charge >= 0.3 is 0 Å². The second-order valence-corrected chi connectivity index (χ2v) is 6.82. The van der Waals surface area contributed by atoms with Crippen molar-refractivity contribution in [3.63, 3.8) is 0 Å². The lowest BCUT2D eigenvalue weighted by Crippen LogP contribution is -2.13. The fourth-order valence-electron chi connectivity index (χ4n) is 2.52. The van der Waals surface area contributed by atoms with Crippen LogP contribution in [0, 0.1) is 19.7 Å². The van der Waals surface area contributed by atoms with Gasteiger partial charge < -0.3 is 4.52 Å². The summed E-state index contributed by atoms with van der Waals surface area (Å²) in [5.41, 5.74) is 3.03. The zero-order valence-corrected chi connectivity index (χ0v) is 13.8. The first-order valence-corrected chi connectivity index (χ1v) is 8.54. The van der Waals surface area contributed by atoms with E-state index in [0.29, 0.717) is 22.6 Å². The van der Waals surface area contributed by atoms with Gasteiger partial charge in [0.1, 0.15) is 22.2 Å². The van der Waals surface area contributed by atoms with Crippen molar-refractivity contribution in [3.05, 3.63) is 53.8 Å². The number of rotatable bonds is 3. The van der Waals surface area contributed by atoms with Crippen LogP contribution in [0.5, 0.6) is 0 Å². The molecule has 0 bridgehead atoms. The Bertz CT molecular complexity index is 1030. The summed E-state index contributed by atoms with van der Waals surface area (Å²) in [4.78, 5) is 3.66. The molecule has 0 atom stereocenters. The fourth-order valence-corrected chi connectivity index (χ4v) is 3.11. The number of halogens is 1. The van der Waals surface area contributed by atoms with Crippen LogP contribution >= 0.6 is 0 Å². The van der Waals surface area contributed by atoms with Crippen LogP contribution in [0.25, 0.3) is 22.4 Å². The molecule has 24 heavy (non-hydrogen) atoms. The lowest BCUT2D eigenvalue weighted by Gasteiger charge is -2.07. The van der Waals surface area contributed by atoms with Gasteiger partial charge in [-0.1, -0.05) is 11.2 Å². The molecule has 0 spiro atoms. The molecule has 0 amide bonds. The molecule has 6 nitrogen and oxygen atoms in total. The molecule has 0 unspecified atom stereocenters. The van der Waals surface area contributed by atoms with E-state index in [0.717, 1.165) is 23.4 Å². The minimum atomic E-state index is -4.12. The van der Waals surface area contributed by atoms with Crippen LogP contribution in [0.4, 0.5) is 4.39 Å². The largest absolute Gasteiger partial charge is 0.360 e. The average Bonchev–Trinajstić information content (AvgIpc) is 2.88. The highest BCUT2D eigenvalue weighted by Crippen LogP contribution is 2.36. The van der Waals surface area contributed by atoms with Gasteiger partial charge in [-0.15, -0.1) is 0 Å². The molecule has 0 aliphatic carbocycles. The summed E-state index contributed by atoms with van der Waals surface area (Å²) in [6.45, 7) is 3.52. The molecule has 0 aliphatic heterocycles. The molecule has 3 aromatic rings. The van der Waals surface area contributed by atoms with Crippen molar-refractivity contribution >= 4 is 10.0 Å². The lowest BCUT2D eigenvalue weighted by molar-refractivity contribution is 0.400. The average molecular weight is 347 g/mol. The van der Waals surface area contributed by atoms with Crippen LogP contribution in [0.3, 0.4) is 0 Å². The molecular formula is C16H14FN3O3S. The molecule has 0 radical (unpaired) electrons. The van der Waals surface area contributed by atoms with E-state index >= 15 is 0 Å². The van der Waals surface area contributed by atoms with Gasteiger partial charge in [0.15, 0.2) is 0 Å². The summed E-state index contributed by atoms with van der Waals surface area (Å²) in [5.74, 6) is -0.444. The number of nitrogens with two attached hydrogens (primary N) is 1. The van der Waals surface area contributed by atoms with Gasteiger partial charge in [-0.05, 0) is 43.7 Å². The van der Waals surface area contributed by atoms with E-state index in [1.54, 1.807) is 19.2 Å². The predicted molar refractivity (Wildman–Crippen MR) is 86.0 cm³/mol. The number of pyridine rings is 1. The Hall–Kier alpha value is -2.58. The van der Waals surface area contributed by atoms with Crippen LogP contribution < -0.4 is 5.14 Å². The Morgan fingerprint density at radius 1 is 1.21 bits per heavy atom.